The third-order valence-electron chi connectivity index (χ3n) is 4.99. The first-order valence-electron chi connectivity index (χ1n) is 8.36. The quantitative estimate of drug-likeness (QED) is 0.940. The zero-order chi connectivity index (χ0) is 14.8. The van der Waals surface area contributed by atoms with Crippen LogP contribution in [0.1, 0.15) is 23.4 Å². The van der Waals surface area contributed by atoms with Crippen LogP contribution in [0.3, 0.4) is 0 Å². The largest absolute Gasteiger partial charge is 0.347 e. The number of aromatic amines is 1. The summed E-state index contributed by atoms with van der Waals surface area (Å²) < 4.78 is 0. The lowest BCUT2D eigenvalue weighted by atomic mass is 10.1. The third-order valence-corrected chi connectivity index (χ3v) is 4.99. The average molecular weight is 296 g/mol. The van der Waals surface area contributed by atoms with E-state index in [1.165, 1.54) is 43.0 Å². The number of imidazole rings is 1. The van der Waals surface area contributed by atoms with E-state index in [1.807, 2.05) is 6.33 Å². The Labute approximate surface area is 132 Å². The van der Waals surface area contributed by atoms with Gasteiger partial charge in [0.1, 0.15) is 0 Å². The normalized spacial score (nSPS) is 22.8. The summed E-state index contributed by atoms with van der Waals surface area (Å²) in [5.74, 6) is 0.813. The summed E-state index contributed by atoms with van der Waals surface area (Å²) in [6.45, 7) is 7.01. The zero-order valence-corrected chi connectivity index (χ0v) is 13.0. The van der Waals surface area contributed by atoms with Crippen LogP contribution in [0.25, 0.3) is 0 Å². The number of aromatic nitrogens is 2. The predicted molar refractivity (Wildman–Crippen MR) is 87.4 cm³/mol. The fraction of sp³-hybridized carbons (Fsp3) is 0.500. The Morgan fingerprint density at radius 3 is 2.95 bits per heavy atom. The fourth-order valence-corrected chi connectivity index (χ4v) is 3.84. The maximum absolute atomic E-state index is 4.39. The van der Waals surface area contributed by atoms with Gasteiger partial charge in [-0.2, -0.15) is 0 Å². The van der Waals surface area contributed by atoms with Crippen molar-refractivity contribution in [2.45, 2.75) is 25.9 Å². The van der Waals surface area contributed by atoms with E-state index in [2.05, 4.69) is 50.1 Å². The molecule has 2 aliphatic rings. The van der Waals surface area contributed by atoms with Crippen LogP contribution in [0.2, 0.25) is 0 Å². The van der Waals surface area contributed by atoms with E-state index < -0.39 is 0 Å². The van der Waals surface area contributed by atoms with E-state index in [9.17, 15) is 0 Å². The van der Waals surface area contributed by atoms with Crippen molar-refractivity contribution in [2.24, 2.45) is 5.92 Å². The molecule has 2 aliphatic heterocycles. The van der Waals surface area contributed by atoms with Crippen molar-refractivity contribution >= 4 is 0 Å². The van der Waals surface area contributed by atoms with E-state index in [-0.39, 0.29) is 0 Å². The summed E-state index contributed by atoms with van der Waals surface area (Å²) in [6, 6.07) is 10.8. The van der Waals surface area contributed by atoms with Crippen molar-refractivity contribution in [3.8, 4) is 0 Å². The Hall–Kier alpha value is -1.65. The minimum atomic E-state index is 0.813. The van der Waals surface area contributed by atoms with E-state index in [1.54, 1.807) is 0 Å². The van der Waals surface area contributed by atoms with E-state index in [0.717, 1.165) is 32.0 Å². The summed E-state index contributed by atoms with van der Waals surface area (Å²) in [5, 5.41) is 0. The van der Waals surface area contributed by atoms with Crippen LogP contribution in [-0.4, -0.2) is 45.9 Å². The highest BCUT2D eigenvalue weighted by Gasteiger charge is 2.26. The number of H-pyrrole nitrogens is 1. The monoisotopic (exact) mass is 296 g/mol. The van der Waals surface area contributed by atoms with Gasteiger partial charge in [0.2, 0.25) is 0 Å². The molecule has 0 spiro atoms. The molecule has 1 aromatic carbocycles. The highest BCUT2D eigenvalue weighted by atomic mass is 15.2. The number of likely N-dealkylation sites (tertiary alicyclic amines) is 1. The maximum Gasteiger partial charge on any atom is 0.0925 e. The number of rotatable bonds is 4. The summed E-state index contributed by atoms with van der Waals surface area (Å²) in [7, 11) is 0. The minimum absolute atomic E-state index is 0.813. The Morgan fingerprint density at radius 1 is 1.14 bits per heavy atom. The molecule has 4 rings (SSSR count). The Kier molecular flexibility index (Phi) is 3.95. The average Bonchev–Trinajstić information content (AvgIpc) is 3.17. The van der Waals surface area contributed by atoms with Gasteiger partial charge in [0.25, 0.3) is 0 Å². The zero-order valence-electron chi connectivity index (χ0n) is 13.0. The van der Waals surface area contributed by atoms with Gasteiger partial charge in [0, 0.05) is 39.1 Å². The van der Waals surface area contributed by atoms with Crippen molar-refractivity contribution in [3.63, 3.8) is 0 Å². The molecule has 2 aromatic rings. The molecule has 4 nitrogen and oxygen atoms in total. The number of hydrogen-bond donors (Lipinski definition) is 1. The molecule has 0 amide bonds. The van der Waals surface area contributed by atoms with E-state index in [0.29, 0.717) is 0 Å². The van der Waals surface area contributed by atoms with Gasteiger partial charge in [-0.1, -0.05) is 30.3 Å². The second-order valence-electron chi connectivity index (χ2n) is 6.69. The molecule has 1 aromatic heterocycles. The number of fused-ring (bicyclic) bond motifs is 1. The first-order chi connectivity index (χ1) is 10.9. The first kappa shape index (κ1) is 14.0. The summed E-state index contributed by atoms with van der Waals surface area (Å²) >= 11 is 0. The molecule has 0 radical (unpaired) electrons. The van der Waals surface area contributed by atoms with Crippen molar-refractivity contribution < 1.29 is 0 Å². The van der Waals surface area contributed by atoms with Gasteiger partial charge in [-0.3, -0.25) is 9.80 Å². The molecule has 1 saturated heterocycles. The number of hydrogen-bond acceptors (Lipinski definition) is 3. The highest BCUT2D eigenvalue weighted by Crippen LogP contribution is 2.22. The molecule has 1 N–H and O–H groups in total. The van der Waals surface area contributed by atoms with Crippen molar-refractivity contribution in [1.82, 2.24) is 19.8 Å². The molecule has 1 fully saturated rings. The van der Waals surface area contributed by atoms with Crippen LogP contribution in [-0.2, 0) is 19.5 Å². The molecule has 0 saturated carbocycles. The van der Waals surface area contributed by atoms with Crippen molar-refractivity contribution in [3.05, 3.63) is 53.6 Å². The molecule has 4 heteroatoms. The van der Waals surface area contributed by atoms with Gasteiger partial charge in [0.15, 0.2) is 0 Å². The van der Waals surface area contributed by atoms with E-state index in [4.69, 9.17) is 0 Å². The van der Waals surface area contributed by atoms with Crippen LogP contribution in [0, 0.1) is 5.92 Å². The fourth-order valence-electron chi connectivity index (χ4n) is 3.84. The Morgan fingerprint density at radius 2 is 2.05 bits per heavy atom. The molecule has 22 heavy (non-hydrogen) atoms. The van der Waals surface area contributed by atoms with Gasteiger partial charge in [-0.25, -0.2) is 4.98 Å². The molecular formula is C18H24N4. The van der Waals surface area contributed by atoms with Crippen molar-refractivity contribution in [2.75, 3.05) is 26.2 Å². The Bertz CT molecular complexity index is 607. The third kappa shape index (κ3) is 3.08. The first-order valence-corrected chi connectivity index (χ1v) is 8.36. The number of nitrogens with zero attached hydrogens (tertiary/aromatic N) is 3. The standard InChI is InChI=1S/C18H24N4/c1-2-4-15(5-3-1)10-21-8-6-16(11-21)12-22-9-7-17-18(13-22)20-14-19-17/h1-5,14,16H,6-13H2,(H,19,20). The second-order valence-corrected chi connectivity index (χ2v) is 6.69. The topological polar surface area (TPSA) is 35.2 Å². The number of nitrogens with one attached hydrogen (secondary N) is 1. The van der Waals surface area contributed by atoms with Crippen molar-refractivity contribution in [1.29, 1.82) is 0 Å². The van der Waals surface area contributed by atoms with Gasteiger partial charge in [-0.15, -0.1) is 0 Å². The molecular weight excluding hydrogens is 272 g/mol. The van der Waals surface area contributed by atoms with Crippen LogP contribution in [0.15, 0.2) is 36.7 Å². The van der Waals surface area contributed by atoms with E-state index >= 15 is 0 Å². The SMILES string of the molecule is c1ccc(CN2CCC(CN3CCc4nc[nH]c4C3)C2)cc1. The molecule has 3 heterocycles. The predicted octanol–water partition coefficient (Wildman–Crippen LogP) is 2.29. The molecule has 1 atom stereocenters. The lowest BCUT2D eigenvalue weighted by Crippen LogP contribution is -2.35. The smallest absolute Gasteiger partial charge is 0.0925 e. The maximum atomic E-state index is 4.39. The van der Waals surface area contributed by atoms with Crippen LogP contribution in [0.4, 0.5) is 0 Å². The number of benzene rings is 1. The summed E-state index contributed by atoms with van der Waals surface area (Å²) in [5.41, 5.74) is 4.03. The van der Waals surface area contributed by atoms with Gasteiger partial charge >= 0.3 is 0 Å². The minimum Gasteiger partial charge on any atom is -0.347 e. The lowest BCUT2D eigenvalue weighted by Gasteiger charge is -2.28. The molecule has 1 unspecified atom stereocenters. The van der Waals surface area contributed by atoms with Gasteiger partial charge in [-0.05, 0) is 24.4 Å². The van der Waals surface area contributed by atoms with Gasteiger partial charge in [0.05, 0.1) is 17.7 Å². The van der Waals surface area contributed by atoms with Crippen LogP contribution in [0.5, 0.6) is 0 Å². The molecule has 0 aliphatic carbocycles. The summed E-state index contributed by atoms with van der Waals surface area (Å²) in [6.07, 6.45) is 4.27. The van der Waals surface area contributed by atoms with Crippen LogP contribution >= 0.6 is 0 Å². The highest BCUT2D eigenvalue weighted by molar-refractivity contribution is 5.15. The molecule has 116 valence electrons. The second kappa shape index (κ2) is 6.23. The summed E-state index contributed by atoms with van der Waals surface area (Å²) in [4.78, 5) is 12.9. The lowest BCUT2D eigenvalue weighted by molar-refractivity contribution is 0.206. The van der Waals surface area contributed by atoms with Gasteiger partial charge < -0.3 is 4.98 Å². The van der Waals surface area contributed by atoms with Crippen LogP contribution < -0.4 is 0 Å². The molecule has 0 bridgehead atoms. The Balaban J connectivity index is 1.29.